The Morgan fingerprint density at radius 2 is 1.94 bits per heavy atom. The van der Waals surface area contributed by atoms with Gasteiger partial charge in [0.05, 0.1) is 25.9 Å². The minimum atomic E-state index is 0.437. The van der Waals surface area contributed by atoms with E-state index in [-0.39, 0.29) is 0 Å². The Kier molecular flexibility index (Phi) is 9.13. The summed E-state index contributed by atoms with van der Waals surface area (Å²) in [5.74, 6) is 2.91. The van der Waals surface area contributed by atoms with Crippen LogP contribution < -0.4 is 15.4 Å². The Balaban J connectivity index is 1.62. The van der Waals surface area contributed by atoms with E-state index in [4.69, 9.17) is 18.9 Å². The minimum Gasteiger partial charge on any atom is -0.493 e. The average molecular weight is 437 g/mol. The van der Waals surface area contributed by atoms with Gasteiger partial charge in [0, 0.05) is 37.8 Å². The number of hydrogen-bond donors (Lipinski definition) is 2. The standard InChI is InChI=1S/C25H32N4O3/c1-4-26-25(29-18-24-27-17-23(32-24)20-9-6-5-7-10-20)28-16-21-12-11-19(2)15-22(21)31-14-8-13-30-3/h5-7,9-12,15,17H,4,8,13-14,16,18H2,1-3H3,(H2,26,28,29). The number of aromatic nitrogens is 1. The molecule has 2 aromatic carbocycles. The van der Waals surface area contributed by atoms with E-state index < -0.39 is 0 Å². The fraction of sp³-hybridized carbons (Fsp3) is 0.360. The summed E-state index contributed by atoms with van der Waals surface area (Å²) in [6.45, 7) is 7.07. The number of methoxy groups -OCH3 is 1. The summed E-state index contributed by atoms with van der Waals surface area (Å²) in [5.41, 5.74) is 3.19. The third-order valence-electron chi connectivity index (χ3n) is 4.74. The quantitative estimate of drug-likeness (QED) is 0.265. The van der Waals surface area contributed by atoms with Gasteiger partial charge in [0.25, 0.3) is 0 Å². The van der Waals surface area contributed by atoms with Crippen LogP contribution in [0.25, 0.3) is 11.3 Å². The van der Waals surface area contributed by atoms with Crippen LogP contribution in [0.5, 0.6) is 5.75 Å². The van der Waals surface area contributed by atoms with E-state index in [1.807, 2.05) is 37.3 Å². The molecular formula is C25H32N4O3. The molecule has 0 bridgehead atoms. The molecule has 0 amide bonds. The van der Waals surface area contributed by atoms with Crippen molar-refractivity contribution in [3.05, 3.63) is 71.7 Å². The summed E-state index contributed by atoms with van der Waals surface area (Å²) in [6.07, 6.45) is 2.59. The highest BCUT2D eigenvalue weighted by Gasteiger charge is 2.08. The highest BCUT2D eigenvalue weighted by molar-refractivity contribution is 5.79. The molecule has 0 saturated heterocycles. The van der Waals surface area contributed by atoms with E-state index >= 15 is 0 Å². The molecule has 0 radical (unpaired) electrons. The molecule has 32 heavy (non-hydrogen) atoms. The SMILES string of the molecule is CCNC(=NCc1ccc(C)cc1OCCCOC)NCc1ncc(-c2ccccc2)o1. The summed E-state index contributed by atoms with van der Waals surface area (Å²) in [6, 6.07) is 16.1. The van der Waals surface area contributed by atoms with E-state index in [0.717, 1.165) is 41.2 Å². The van der Waals surface area contributed by atoms with Gasteiger partial charge in [0.2, 0.25) is 5.89 Å². The number of rotatable bonds is 11. The van der Waals surface area contributed by atoms with Gasteiger partial charge in [-0.1, -0.05) is 42.5 Å². The van der Waals surface area contributed by atoms with Crippen molar-refractivity contribution in [2.45, 2.75) is 33.4 Å². The zero-order valence-corrected chi connectivity index (χ0v) is 19.1. The maximum absolute atomic E-state index is 5.97. The lowest BCUT2D eigenvalue weighted by Gasteiger charge is -2.13. The van der Waals surface area contributed by atoms with E-state index in [1.165, 1.54) is 0 Å². The van der Waals surface area contributed by atoms with Gasteiger partial charge in [-0.25, -0.2) is 9.98 Å². The first-order valence-electron chi connectivity index (χ1n) is 10.9. The number of nitrogens with zero attached hydrogens (tertiary/aromatic N) is 2. The second-order valence-electron chi connectivity index (χ2n) is 7.34. The fourth-order valence-corrected chi connectivity index (χ4v) is 3.11. The third kappa shape index (κ3) is 7.13. The molecule has 0 saturated carbocycles. The van der Waals surface area contributed by atoms with Gasteiger partial charge < -0.3 is 24.5 Å². The first-order chi connectivity index (χ1) is 15.7. The molecule has 0 aliphatic heterocycles. The van der Waals surface area contributed by atoms with Crippen LogP contribution in [0.1, 0.15) is 30.4 Å². The van der Waals surface area contributed by atoms with Crippen molar-refractivity contribution >= 4 is 5.96 Å². The monoisotopic (exact) mass is 436 g/mol. The van der Waals surface area contributed by atoms with Crippen LogP contribution in [0, 0.1) is 6.92 Å². The number of aliphatic imine (C=N–C) groups is 1. The number of hydrogen-bond acceptors (Lipinski definition) is 5. The molecule has 0 aliphatic carbocycles. The highest BCUT2D eigenvalue weighted by atomic mass is 16.5. The van der Waals surface area contributed by atoms with Crippen molar-refractivity contribution in [2.24, 2.45) is 4.99 Å². The van der Waals surface area contributed by atoms with Gasteiger partial charge in [0.1, 0.15) is 5.75 Å². The topological polar surface area (TPSA) is 80.9 Å². The predicted octanol–water partition coefficient (Wildman–Crippen LogP) is 4.32. The molecule has 7 heteroatoms. The Bertz CT molecular complexity index is 986. The summed E-state index contributed by atoms with van der Waals surface area (Å²) in [5, 5.41) is 6.55. The molecular weight excluding hydrogens is 404 g/mol. The number of aryl methyl sites for hydroxylation is 1. The van der Waals surface area contributed by atoms with Crippen molar-refractivity contribution in [3.63, 3.8) is 0 Å². The van der Waals surface area contributed by atoms with Gasteiger partial charge in [0.15, 0.2) is 11.7 Å². The molecule has 2 N–H and O–H groups in total. The Morgan fingerprint density at radius 1 is 1.09 bits per heavy atom. The number of oxazole rings is 1. The van der Waals surface area contributed by atoms with Crippen LogP contribution >= 0.6 is 0 Å². The largest absolute Gasteiger partial charge is 0.493 e. The normalized spacial score (nSPS) is 11.4. The van der Waals surface area contributed by atoms with Gasteiger partial charge in [-0.2, -0.15) is 0 Å². The summed E-state index contributed by atoms with van der Waals surface area (Å²) in [4.78, 5) is 9.09. The average Bonchev–Trinajstić information content (AvgIpc) is 3.29. The number of guanidine groups is 1. The lowest BCUT2D eigenvalue weighted by Crippen LogP contribution is -2.36. The zero-order valence-electron chi connectivity index (χ0n) is 19.1. The zero-order chi connectivity index (χ0) is 22.6. The predicted molar refractivity (Wildman–Crippen MR) is 127 cm³/mol. The van der Waals surface area contributed by atoms with Crippen LogP contribution in [0.3, 0.4) is 0 Å². The van der Waals surface area contributed by atoms with Crippen molar-refractivity contribution in [1.29, 1.82) is 0 Å². The van der Waals surface area contributed by atoms with Gasteiger partial charge in [-0.3, -0.25) is 0 Å². The van der Waals surface area contributed by atoms with E-state index in [9.17, 15) is 0 Å². The van der Waals surface area contributed by atoms with Gasteiger partial charge >= 0.3 is 0 Å². The fourth-order valence-electron chi connectivity index (χ4n) is 3.11. The third-order valence-corrected chi connectivity index (χ3v) is 4.74. The molecule has 0 spiro atoms. The molecule has 0 unspecified atom stereocenters. The first-order valence-corrected chi connectivity index (χ1v) is 10.9. The number of nitrogens with one attached hydrogen (secondary N) is 2. The maximum Gasteiger partial charge on any atom is 0.214 e. The molecule has 3 aromatic rings. The van der Waals surface area contributed by atoms with Gasteiger partial charge in [-0.15, -0.1) is 0 Å². The molecule has 7 nitrogen and oxygen atoms in total. The van der Waals surface area contributed by atoms with Crippen LogP contribution in [0.15, 0.2) is 64.1 Å². The Morgan fingerprint density at radius 3 is 2.72 bits per heavy atom. The summed E-state index contributed by atoms with van der Waals surface area (Å²) in [7, 11) is 1.70. The molecule has 3 rings (SSSR count). The molecule has 1 heterocycles. The second kappa shape index (κ2) is 12.5. The molecule has 0 atom stereocenters. The van der Waals surface area contributed by atoms with Crippen molar-refractivity contribution in [1.82, 2.24) is 15.6 Å². The van der Waals surface area contributed by atoms with Crippen molar-refractivity contribution < 1.29 is 13.9 Å². The number of benzene rings is 2. The Labute approximate surface area is 189 Å². The smallest absolute Gasteiger partial charge is 0.214 e. The van der Waals surface area contributed by atoms with Crippen LogP contribution in [0.2, 0.25) is 0 Å². The second-order valence-corrected chi connectivity index (χ2v) is 7.34. The van der Waals surface area contributed by atoms with Crippen molar-refractivity contribution in [3.8, 4) is 17.1 Å². The Hall–Kier alpha value is -3.32. The minimum absolute atomic E-state index is 0.437. The molecule has 1 aromatic heterocycles. The first kappa shape index (κ1) is 23.3. The maximum atomic E-state index is 5.97. The van der Waals surface area contributed by atoms with Crippen LogP contribution in [-0.4, -0.2) is 37.8 Å². The van der Waals surface area contributed by atoms with Gasteiger partial charge in [-0.05, 0) is 25.5 Å². The molecule has 0 fully saturated rings. The van der Waals surface area contributed by atoms with Crippen LogP contribution in [0.4, 0.5) is 0 Å². The van der Waals surface area contributed by atoms with E-state index in [1.54, 1.807) is 13.3 Å². The highest BCUT2D eigenvalue weighted by Crippen LogP contribution is 2.22. The summed E-state index contributed by atoms with van der Waals surface area (Å²) >= 11 is 0. The lowest BCUT2D eigenvalue weighted by atomic mass is 10.1. The van der Waals surface area contributed by atoms with Crippen molar-refractivity contribution in [2.75, 3.05) is 26.9 Å². The molecule has 0 aliphatic rings. The van der Waals surface area contributed by atoms with E-state index in [0.29, 0.717) is 38.2 Å². The molecule has 170 valence electrons. The van der Waals surface area contributed by atoms with Crippen LogP contribution in [-0.2, 0) is 17.8 Å². The van der Waals surface area contributed by atoms with E-state index in [2.05, 4.69) is 40.7 Å². The summed E-state index contributed by atoms with van der Waals surface area (Å²) < 4.78 is 16.9. The number of ether oxygens (including phenoxy) is 2. The lowest BCUT2D eigenvalue weighted by molar-refractivity contribution is 0.172.